The summed E-state index contributed by atoms with van der Waals surface area (Å²) in [7, 11) is 0. The molecule has 1 aromatic rings. The predicted octanol–water partition coefficient (Wildman–Crippen LogP) is 5.13. The standard InChI is InChI=1S/C20H32N2O/c1-17(2)10-6-4-3-5-7-13-20(23)22-15-9-12-19(22)18-11-8-14-21-16-18/h8,11,14,16-17,19H,3-7,9-10,12-13,15H2,1-2H3. The number of unbranched alkanes of at least 4 members (excludes halogenated alkanes) is 4. The maximum absolute atomic E-state index is 12.5. The van der Waals surface area contributed by atoms with Crippen LogP contribution in [0.1, 0.15) is 83.2 Å². The number of carbonyl (C=O) groups is 1. The lowest BCUT2D eigenvalue weighted by atomic mass is 10.0. The second-order valence-electron chi connectivity index (χ2n) is 7.23. The zero-order valence-corrected chi connectivity index (χ0v) is 14.8. The Morgan fingerprint density at radius 2 is 2.04 bits per heavy atom. The average molecular weight is 316 g/mol. The van der Waals surface area contributed by atoms with Gasteiger partial charge >= 0.3 is 0 Å². The van der Waals surface area contributed by atoms with Gasteiger partial charge in [-0.1, -0.05) is 52.0 Å². The number of pyridine rings is 1. The van der Waals surface area contributed by atoms with Crippen molar-refractivity contribution in [3.8, 4) is 0 Å². The van der Waals surface area contributed by atoms with Crippen LogP contribution in [0.25, 0.3) is 0 Å². The maximum Gasteiger partial charge on any atom is 0.223 e. The number of rotatable bonds is 9. The predicted molar refractivity (Wildman–Crippen MR) is 95.1 cm³/mol. The Hall–Kier alpha value is -1.38. The van der Waals surface area contributed by atoms with Gasteiger partial charge in [0.1, 0.15) is 0 Å². The SMILES string of the molecule is CC(C)CCCCCCCC(=O)N1CCCC1c1cccnc1. The molecule has 0 aliphatic carbocycles. The molecule has 1 unspecified atom stereocenters. The van der Waals surface area contributed by atoms with Crippen LogP contribution in [-0.2, 0) is 4.79 Å². The molecule has 1 atom stereocenters. The van der Waals surface area contributed by atoms with E-state index < -0.39 is 0 Å². The Kier molecular flexibility index (Phi) is 7.57. The molecule has 128 valence electrons. The first-order valence-corrected chi connectivity index (χ1v) is 9.38. The van der Waals surface area contributed by atoms with Crippen LogP contribution < -0.4 is 0 Å². The molecule has 0 bridgehead atoms. The molecule has 0 N–H and O–H groups in total. The van der Waals surface area contributed by atoms with Gasteiger partial charge in [-0.2, -0.15) is 0 Å². The molecule has 1 fully saturated rings. The van der Waals surface area contributed by atoms with Crippen molar-refractivity contribution < 1.29 is 4.79 Å². The number of carbonyl (C=O) groups excluding carboxylic acids is 1. The van der Waals surface area contributed by atoms with Crippen LogP contribution in [0.4, 0.5) is 0 Å². The minimum atomic E-state index is 0.252. The molecule has 1 aliphatic rings. The average Bonchev–Trinajstić information content (AvgIpc) is 3.04. The Morgan fingerprint density at radius 1 is 1.26 bits per heavy atom. The van der Waals surface area contributed by atoms with E-state index in [2.05, 4.69) is 29.8 Å². The van der Waals surface area contributed by atoms with E-state index in [0.29, 0.717) is 12.3 Å². The second kappa shape index (κ2) is 9.69. The zero-order valence-electron chi connectivity index (χ0n) is 14.8. The van der Waals surface area contributed by atoms with E-state index in [0.717, 1.165) is 31.7 Å². The van der Waals surface area contributed by atoms with Crippen molar-refractivity contribution >= 4 is 5.91 Å². The molecule has 3 nitrogen and oxygen atoms in total. The molecular weight excluding hydrogens is 284 g/mol. The van der Waals surface area contributed by atoms with Gasteiger partial charge in [-0.05, 0) is 36.8 Å². The third-order valence-corrected chi connectivity index (χ3v) is 4.81. The Bertz CT molecular complexity index is 458. The summed E-state index contributed by atoms with van der Waals surface area (Å²) in [5, 5.41) is 0. The molecule has 2 heterocycles. The molecule has 3 heteroatoms. The van der Waals surface area contributed by atoms with Gasteiger partial charge in [-0.15, -0.1) is 0 Å². The summed E-state index contributed by atoms with van der Waals surface area (Å²) >= 11 is 0. The number of nitrogens with zero attached hydrogens (tertiary/aromatic N) is 2. The summed E-state index contributed by atoms with van der Waals surface area (Å²) in [5.41, 5.74) is 1.19. The van der Waals surface area contributed by atoms with Gasteiger partial charge in [-0.3, -0.25) is 9.78 Å². The van der Waals surface area contributed by atoms with Crippen LogP contribution in [0.5, 0.6) is 0 Å². The van der Waals surface area contributed by atoms with Crippen molar-refractivity contribution in [1.29, 1.82) is 0 Å². The van der Waals surface area contributed by atoms with E-state index in [1.165, 1.54) is 37.7 Å². The van der Waals surface area contributed by atoms with Gasteiger partial charge in [0, 0.05) is 25.4 Å². The molecule has 2 rings (SSSR count). The number of aromatic nitrogens is 1. The Morgan fingerprint density at radius 3 is 2.78 bits per heavy atom. The molecule has 0 saturated carbocycles. The Balaban J connectivity index is 1.67. The van der Waals surface area contributed by atoms with Crippen molar-refractivity contribution in [3.05, 3.63) is 30.1 Å². The molecule has 23 heavy (non-hydrogen) atoms. The highest BCUT2D eigenvalue weighted by molar-refractivity contribution is 5.77. The topological polar surface area (TPSA) is 33.2 Å². The van der Waals surface area contributed by atoms with Crippen molar-refractivity contribution in [3.63, 3.8) is 0 Å². The van der Waals surface area contributed by atoms with E-state index in [1.807, 2.05) is 12.3 Å². The van der Waals surface area contributed by atoms with Gasteiger partial charge in [0.05, 0.1) is 6.04 Å². The fourth-order valence-corrected chi connectivity index (χ4v) is 3.49. The highest BCUT2D eigenvalue weighted by atomic mass is 16.2. The van der Waals surface area contributed by atoms with Crippen molar-refractivity contribution in [2.24, 2.45) is 5.92 Å². The van der Waals surface area contributed by atoms with Gasteiger partial charge in [0.25, 0.3) is 0 Å². The third-order valence-electron chi connectivity index (χ3n) is 4.81. The highest BCUT2D eigenvalue weighted by Crippen LogP contribution is 2.32. The van der Waals surface area contributed by atoms with E-state index in [1.54, 1.807) is 6.20 Å². The normalized spacial score (nSPS) is 17.9. The van der Waals surface area contributed by atoms with Crippen molar-refractivity contribution in [1.82, 2.24) is 9.88 Å². The molecule has 1 aromatic heterocycles. The highest BCUT2D eigenvalue weighted by Gasteiger charge is 2.29. The Labute approximate surface area is 141 Å². The number of amides is 1. The monoisotopic (exact) mass is 316 g/mol. The summed E-state index contributed by atoms with van der Waals surface area (Å²) in [6.45, 7) is 5.48. The molecule has 1 aliphatic heterocycles. The number of hydrogen-bond donors (Lipinski definition) is 0. The van der Waals surface area contributed by atoms with Gasteiger partial charge in [-0.25, -0.2) is 0 Å². The maximum atomic E-state index is 12.5. The zero-order chi connectivity index (χ0) is 16.5. The number of likely N-dealkylation sites (tertiary alicyclic amines) is 1. The second-order valence-corrected chi connectivity index (χ2v) is 7.23. The van der Waals surface area contributed by atoms with Gasteiger partial charge in [0.15, 0.2) is 0 Å². The minimum Gasteiger partial charge on any atom is -0.336 e. The van der Waals surface area contributed by atoms with Crippen LogP contribution in [0.2, 0.25) is 0 Å². The quantitative estimate of drug-likeness (QED) is 0.592. The first kappa shape index (κ1) is 18.0. The van der Waals surface area contributed by atoms with Gasteiger partial charge < -0.3 is 4.90 Å². The van der Waals surface area contributed by atoms with Crippen LogP contribution >= 0.6 is 0 Å². The molecule has 1 saturated heterocycles. The fourth-order valence-electron chi connectivity index (χ4n) is 3.49. The van der Waals surface area contributed by atoms with E-state index in [-0.39, 0.29) is 6.04 Å². The van der Waals surface area contributed by atoms with Crippen LogP contribution in [0.3, 0.4) is 0 Å². The first-order chi connectivity index (χ1) is 11.2. The first-order valence-electron chi connectivity index (χ1n) is 9.38. The van der Waals surface area contributed by atoms with Crippen LogP contribution in [0.15, 0.2) is 24.5 Å². The summed E-state index contributed by atoms with van der Waals surface area (Å²) in [5.74, 6) is 1.15. The summed E-state index contributed by atoms with van der Waals surface area (Å²) in [6, 6.07) is 4.31. The lowest BCUT2D eigenvalue weighted by Gasteiger charge is -2.25. The van der Waals surface area contributed by atoms with E-state index in [9.17, 15) is 4.79 Å². The lowest BCUT2D eigenvalue weighted by molar-refractivity contribution is -0.132. The molecule has 1 amide bonds. The third kappa shape index (κ3) is 5.96. The smallest absolute Gasteiger partial charge is 0.223 e. The van der Waals surface area contributed by atoms with Crippen LogP contribution in [0, 0.1) is 5.92 Å². The lowest BCUT2D eigenvalue weighted by Crippen LogP contribution is -2.30. The van der Waals surface area contributed by atoms with E-state index >= 15 is 0 Å². The number of hydrogen-bond acceptors (Lipinski definition) is 2. The summed E-state index contributed by atoms with van der Waals surface area (Å²) < 4.78 is 0. The van der Waals surface area contributed by atoms with E-state index in [4.69, 9.17) is 0 Å². The molecule has 0 spiro atoms. The van der Waals surface area contributed by atoms with Crippen molar-refractivity contribution in [2.45, 2.75) is 77.7 Å². The fraction of sp³-hybridized carbons (Fsp3) is 0.700. The molecular formula is C20H32N2O. The molecule has 0 aromatic carbocycles. The summed E-state index contributed by atoms with van der Waals surface area (Å²) in [6.07, 6.45) is 14.1. The van der Waals surface area contributed by atoms with Crippen LogP contribution in [-0.4, -0.2) is 22.3 Å². The van der Waals surface area contributed by atoms with Gasteiger partial charge in [0.2, 0.25) is 5.91 Å². The largest absolute Gasteiger partial charge is 0.336 e. The summed E-state index contributed by atoms with van der Waals surface area (Å²) in [4.78, 5) is 18.8. The minimum absolute atomic E-state index is 0.252. The van der Waals surface area contributed by atoms with Crippen molar-refractivity contribution in [2.75, 3.05) is 6.54 Å². The molecule has 0 radical (unpaired) electrons.